The molecule has 3 aromatic carbocycles. The maximum atomic E-state index is 13.8. The first-order valence-electron chi connectivity index (χ1n) is 10.4. The zero-order chi connectivity index (χ0) is 23.2. The van der Waals surface area contributed by atoms with Gasteiger partial charge in [-0.2, -0.15) is 0 Å². The Bertz CT molecular complexity index is 1190. The molecule has 7 heteroatoms. The third kappa shape index (κ3) is 5.81. The molecule has 1 fully saturated rings. The molecule has 33 heavy (non-hydrogen) atoms. The summed E-state index contributed by atoms with van der Waals surface area (Å²) in [6, 6.07) is 21.1. The first-order chi connectivity index (χ1) is 16.0. The number of carbonyl (C=O) groups is 2. The second kappa shape index (κ2) is 10.4. The van der Waals surface area contributed by atoms with Gasteiger partial charge >= 0.3 is 0 Å². The van der Waals surface area contributed by atoms with Gasteiger partial charge in [0, 0.05) is 5.56 Å². The van der Waals surface area contributed by atoms with Crippen molar-refractivity contribution in [3.63, 3.8) is 0 Å². The van der Waals surface area contributed by atoms with Crippen molar-refractivity contribution >= 4 is 29.0 Å². The van der Waals surface area contributed by atoms with E-state index < -0.39 is 0 Å². The fourth-order valence-electron chi connectivity index (χ4n) is 3.20. The Morgan fingerprint density at radius 1 is 0.939 bits per heavy atom. The fourth-order valence-corrected chi connectivity index (χ4v) is 4.07. The van der Waals surface area contributed by atoms with E-state index in [2.05, 4.69) is 0 Å². The third-order valence-corrected chi connectivity index (χ3v) is 5.89. The zero-order valence-electron chi connectivity index (χ0n) is 18.0. The summed E-state index contributed by atoms with van der Waals surface area (Å²) in [4.78, 5) is 26.6. The van der Waals surface area contributed by atoms with Crippen molar-refractivity contribution < 1.29 is 23.5 Å². The summed E-state index contributed by atoms with van der Waals surface area (Å²) >= 11 is 0.895. The summed E-state index contributed by atoms with van der Waals surface area (Å²) in [7, 11) is 0. The zero-order valence-corrected chi connectivity index (χ0v) is 18.8. The second-order valence-corrected chi connectivity index (χ2v) is 8.44. The molecule has 1 aliphatic rings. The summed E-state index contributed by atoms with van der Waals surface area (Å²) in [5.74, 6) is 0.553. The van der Waals surface area contributed by atoms with Gasteiger partial charge in [0.05, 0.1) is 11.4 Å². The number of benzene rings is 3. The summed E-state index contributed by atoms with van der Waals surface area (Å²) in [5, 5.41) is -0.328. The van der Waals surface area contributed by atoms with Gasteiger partial charge in [-0.05, 0) is 60.7 Å². The topological polar surface area (TPSA) is 55.8 Å². The van der Waals surface area contributed by atoms with Crippen LogP contribution in [0.15, 0.2) is 77.7 Å². The second-order valence-electron chi connectivity index (χ2n) is 7.45. The molecule has 0 N–H and O–H groups in total. The van der Waals surface area contributed by atoms with Crippen LogP contribution in [0.2, 0.25) is 0 Å². The SMILES string of the molecule is Cc1ccc(OCCN2C(=O)S/C(=C\c3cccc(OCc4ccccc4F)c3)C2=O)cc1. The van der Waals surface area contributed by atoms with E-state index in [-0.39, 0.29) is 36.7 Å². The fraction of sp³-hybridized carbons (Fsp3) is 0.154. The van der Waals surface area contributed by atoms with Crippen LogP contribution in [0.4, 0.5) is 9.18 Å². The molecular formula is C26H22FNO4S. The number of hydrogen-bond donors (Lipinski definition) is 0. The standard InChI is InChI=1S/C26H22FNO4S/c1-18-9-11-21(12-10-18)31-14-13-28-25(29)24(33-26(28)30)16-19-5-4-7-22(15-19)32-17-20-6-2-3-8-23(20)27/h2-12,15-16H,13-14,17H2,1H3/b24-16-. The molecule has 0 radical (unpaired) electrons. The van der Waals surface area contributed by atoms with Crippen LogP contribution in [0.5, 0.6) is 11.5 Å². The normalized spacial score (nSPS) is 14.7. The van der Waals surface area contributed by atoms with Crippen molar-refractivity contribution in [3.8, 4) is 11.5 Å². The van der Waals surface area contributed by atoms with Gasteiger partial charge in [0.25, 0.3) is 11.1 Å². The number of imide groups is 1. The molecule has 168 valence electrons. The largest absolute Gasteiger partial charge is 0.492 e. The lowest BCUT2D eigenvalue weighted by atomic mass is 10.2. The number of amides is 2. The molecule has 0 saturated carbocycles. The quantitative estimate of drug-likeness (QED) is 0.394. The highest BCUT2D eigenvalue weighted by Crippen LogP contribution is 2.32. The maximum absolute atomic E-state index is 13.8. The molecule has 1 saturated heterocycles. The molecule has 3 aromatic rings. The van der Waals surface area contributed by atoms with Crippen LogP contribution in [0, 0.1) is 12.7 Å². The molecule has 2 amide bonds. The van der Waals surface area contributed by atoms with Crippen molar-refractivity contribution in [2.75, 3.05) is 13.2 Å². The number of aryl methyl sites for hydroxylation is 1. The minimum absolute atomic E-state index is 0.0909. The van der Waals surface area contributed by atoms with Crippen LogP contribution in [0.25, 0.3) is 6.08 Å². The number of carbonyl (C=O) groups excluding carboxylic acids is 2. The third-order valence-electron chi connectivity index (χ3n) is 4.99. The maximum Gasteiger partial charge on any atom is 0.293 e. The van der Waals surface area contributed by atoms with Crippen molar-refractivity contribution in [1.82, 2.24) is 4.90 Å². The van der Waals surface area contributed by atoms with Gasteiger partial charge < -0.3 is 9.47 Å². The number of thioether (sulfide) groups is 1. The molecule has 0 atom stereocenters. The Balaban J connectivity index is 1.37. The van der Waals surface area contributed by atoms with Crippen LogP contribution in [-0.2, 0) is 11.4 Å². The molecule has 0 aliphatic carbocycles. The Morgan fingerprint density at radius 3 is 2.52 bits per heavy atom. The lowest BCUT2D eigenvalue weighted by molar-refractivity contribution is -0.123. The van der Waals surface area contributed by atoms with Crippen molar-refractivity contribution in [3.05, 3.63) is 100 Å². The predicted octanol–water partition coefficient (Wildman–Crippen LogP) is 5.83. The summed E-state index contributed by atoms with van der Waals surface area (Å²) in [6.07, 6.45) is 1.65. The predicted molar refractivity (Wildman–Crippen MR) is 127 cm³/mol. The van der Waals surface area contributed by atoms with Crippen molar-refractivity contribution in [2.24, 2.45) is 0 Å². The van der Waals surface area contributed by atoms with Crippen LogP contribution in [0.3, 0.4) is 0 Å². The van der Waals surface area contributed by atoms with E-state index in [1.54, 1.807) is 42.5 Å². The van der Waals surface area contributed by atoms with Crippen LogP contribution in [-0.4, -0.2) is 29.2 Å². The Hall–Kier alpha value is -3.58. The lowest BCUT2D eigenvalue weighted by Gasteiger charge is -2.13. The van der Waals surface area contributed by atoms with E-state index in [1.165, 1.54) is 11.0 Å². The molecule has 0 spiro atoms. The minimum atomic E-state index is -0.352. The molecule has 5 nitrogen and oxygen atoms in total. The Morgan fingerprint density at radius 2 is 1.73 bits per heavy atom. The monoisotopic (exact) mass is 463 g/mol. The van der Waals surface area contributed by atoms with E-state index in [1.807, 2.05) is 37.3 Å². The average molecular weight is 464 g/mol. The van der Waals surface area contributed by atoms with Gasteiger partial charge in [0.15, 0.2) is 0 Å². The van der Waals surface area contributed by atoms with E-state index in [0.29, 0.717) is 27.5 Å². The molecule has 0 bridgehead atoms. The number of ether oxygens (including phenoxy) is 2. The Kier molecular flexibility index (Phi) is 7.10. The highest BCUT2D eigenvalue weighted by Gasteiger charge is 2.34. The number of halogens is 1. The van der Waals surface area contributed by atoms with Gasteiger partial charge in [-0.3, -0.25) is 14.5 Å². The van der Waals surface area contributed by atoms with Crippen LogP contribution < -0.4 is 9.47 Å². The highest BCUT2D eigenvalue weighted by molar-refractivity contribution is 8.18. The smallest absolute Gasteiger partial charge is 0.293 e. The van der Waals surface area contributed by atoms with E-state index in [9.17, 15) is 14.0 Å². The minimum Gasteiger partial charge on any atom is -0.492 e. The van der Waals surface area contributed by atoms with Gasteiger partial charge in [-0.15, -0.1) is 0 Å². The summed E-state index contributed by atoms with van der Waals surface area (Å²) in [6.45, 7) is 2.46. The summed E-state index contributed by atoms with van der Waals surface area (Å²) < 4.78 is 25.1. The van der Waals surface area contributed by atoms with Crippen LogP contribution >= 0.6 is 11.8 Å². The number of hydrogen-bond acceptors (Lipinski definition) is 5. The van der Waals surface area contributed by atoms with Crippen LogP contribution in [0.1, 0.15) is 16.7 Å². The first-order valence-corrected chi connectivity index (χ1v) is 11.2. The molecule has 4 rings (SSSR count). The lowest BCUT2D eigenvalue weighted by Crippen LogP contribution is -2.32. The number of rotatable bonds is 8. The summed E-state index contributed by atoms with van der Waals surface area (Å²) in [5.41, 5.74) is 2.29. The molecule has 0 aromatic heterocycles. The molecule has 0 unspecified atom stereocenters. The van der Waals surface area contributed by atoms with E-state index >= 15 is 0 Å². The molecule has 1 aliphatic heterocycles. The van der Waals surface area contributed by atoms with Gasteiger partial charge in [0.1, 0.15) is 30.5 Å². The first kappa shape index (κ1) is 22.6. The molecular weight excluding hydrogens is 441 g/mol. The van der Waals surface area contributed by atoms with Gasteiger partial charge in [0.2, 0.25) is 0 Å². The van der Waals surface area contributed by atoms with Crippen molar-refractivity contribution in [1.29, 1.82) is 0 Å². The average Bonchev–Trinajstić information content (AvgIpc) is 3.07. The van der Waals surface area contributed by atoms with Crippen molar-refractivity contribution in [2.45, 2.75) is 13.5 Å². The highest BCUT2D eigenvalue weighted by atomic mass is 32.2. The van der Waals surface area contributed by atoms with E-state index in [4.69, 9.17) is 9.47 Å². The number of nitrogens with zero attached hydrogens (tertiary/aromatic N) is 1. The molecule has 1 heterocycles. The van der Waals surface area contributed by atoms with E-state index in [0.717, 1.165) is 17.3 Å². The van der Waals surface area contributed by atoms with Gasteiger partial charge in [-0.25, -0.2) is 4.39 Å². The van der Waals surface area contributed by atoms with Gasteiger partial charge in [-0.1, -0.05) is 48.0 Å². The Labute approximate surface area is 195 Å².